The maximum atomic E-state index is 5.83. The van der Waals surface area contributed by atoms with Crippen LogP contribution < -0.4 is 0 Å². The van der Waals surface area contributed by atoms with Gasteiger partial charge in [-0.05, 0) is 44.2 Å². The fraction of sp³-hybridized carbons (Fsp3) is 0.500. The number of rotatable bonds is 1. The maximum absolute atomic E-state index is 5.83. The Morgan fingerprint density at radius 1 is 1.14 bits per heavy atom. The van der Waals surface area contributed by atoms with Crippen LogP contribution in [0.4, 0.5) is 0 Å². The SMILES string of the molecule is CO[C@@H]1CCCC[C@]12CCC=C2C#Cc1ccccc1C. The van der Waals surface area contributed by atoms with E-state index >= 15 is 0 Å². The van der Waals surface area contributed by atoms with Crippen LogP contribution in [-0.2, 0) is 4.74 Å². The normalized spacial score (nSPS) is 28.1. The smallest absolute Gasteiger partial charge is 0.0674 e. The molecule has 0 aromatic heterocycles. The third kappa shape index (κ3) is 2.65. The molecule has 1 heteroatoms. The molecule has 0 N–H and O–H groups in total. The van der Waals surface area contributed by atoms with E-state index in [-0.39, 0.29) is 5.41 Å². The van der Waals surface area contributed by atoms with Gasteiger partial charge in [0.05, 0.1) is 6.10 Å². The predicted molar refractivity (Wildman–Crippen MR) is 87.1 cm³/mol. The molecule has 0 amide bonds. The first kappa shape index (κ1) is 14.4. The van der Waals surface area contributed by atoms with Gasteiger partial charge in [0.25, 0.3) is 0 Å². The van der Waals surface area contributed by atoms with Crippen LogP contribution >= 0.6 is 0 Å². The molecule has 21 heavy (non-hydrogen) atoms. The monoisotopic (exact) mass is 280 g/mol. The van der Waals surface area contributed by atoms with Crippen molar-refractivity contribution in [2.75, 3.05) is 7.11 Å². The molecular weight excluding hydrogens is 256 g/mol. The minimum atomic E-state index is 0.197. The van der Waals surface area contributed by atoms with E-state index in [1.165, 1.54) is 43.2 Å². The maximum Gasteiger partial charge on any atom is 0.0674 e. The van der Waals surface area contributed by atoms with E-state index in [0.717, 1.165) is 12.0 Å². The second kappa shape index (κ2) is 6.08. The molecule has 1 fully saturated rings. The molecule has 0 aliphatic heterocycles. The highest BCUT2D eigenvalue weighted by Crippen LogP contribution is 2.50. The van der Waals surface area contributed by atoms with Crippen LogP contribution in [-0.4, -0.2) is 13.2 Å². The molecular formula is C20H24O. The molecule has 3 rings (SSSR count). The summed E-state index contributed by atoms with van der Waals surface area (Å²) in [5, 5.41) is 0. The van der Waals surface area contributed by atoms with Gasteiger partial charge in [0, 0.05) is 23.7 Å². The number of methoxy groups -OCH3 is 1. The van der Waals surface area contributed by atoms with Gasteiger partial charge in [0.2, 0.25) is 0 Å². The summed E-state index contributed by atoms with van der Waals surface area (Å²) in [7, 11) is 1.86. The zero-order valence-electron chi connectivity index (χ0n) is 13.1. The molecule has 1 nitrogen and oxygen atoms in total. The Labute approximate surface area is 128 Å². The van der Waals surface area contributed by atoms with Gasteiger partial charge in [-0.1, -0.05) is 49.0 Å². The lowest BCUT2D eigenvalue weighted by molar-refractivity contribution is -0.0198. The number of hydrogen-bond donors (Lipinski definition) is 0. The van der Waals surface area contributed by atoms with E-state index in [9.17, 15) is 0 Å². The summed E-state index contributed by atoms with van der Waals surface area (Å²) in [6.45, 7) is 2.13. The average molecular weight is 280 g/mol. The van der Waals surface area contributed by atoms with Crippen molar-refractivity contribution >= 4 is 0 Å². The molecule has 1 saturated carbocycles. The van der Waals surface area contributed by atoms with Crippen molar-refractivity contribution in [1.29, 1.82) is 0 Å². The zero-order valence-corrected chi connectivity index (χ0v) is 13.1. The zero-order chi connectivity index (χ0) is 14.7. The third-order valence-corrected chi connectivity index (χ3v) is 5.19. The van der Waals surface area contributed by atoms with Crippen molar-refractivity contribution in [2.24, 2.45) is 5.41 Å². The summed E-state index contributed by atoms with van der Waals surface area (Å²) in [5.74, 6) is 6.89. The van der Waals surface area contributed by atoms with Gasteiger partial charge in [-0.3, -0.25) is 0 Å². The van der Waals surface area contributed by atoms with Crippen LogP contribution in [0.5, 0.6) is 0 Å². The first-order valence-corrected chi connectivity index (χ1v) is 8.07. The lowest BCUT2D eigenvalue weighted by Gasteiger charge is -2.41. The van der Waals surface area contributed by atoms with Crippen molar-refractivity contribution < 1.29 is 4.74 Å². The molecule has 1 aromatic rings. The van der Waals surface area contributed by atoms with Crippen LogP contribution in [0.15, 0.2) is 35.9 Å². The first-order chi connectivity index (χ1) is 10.3. The van der Waals surface area contributed by atoms with Crippen molar-refractivity contribution in [3.05, 3.63) is 47.0 Å². The van der Waals surface area contributed by atoms with E-state index in [1.54, 1.807) is 0 Å². The fourth-order valence-corrected chi connectivity index (χ4v) is 3.98. The highest BCUT2D eigenvalue weighted by Gasteiger charge is 2.45. The van der Waals surface area contributed by atoms with E-state index < -0.39 is 0 Å². The Bertz CT molecular complexity index is 602. The number of aryl methyl sites for hydroxylation is 1. The van der Waals surface area contributed by atoms with Crippen LogP contribution in [0, 0.1) is 24.2 Å². The van der Waals surface area contributed by atoms with Gasteiger partial charge >= 0.3 is 0 Å². The summed E-state index contributed by atoms with van der Waals surface area (Å²) in [4.78, 5) is 0. The Hall–Kier alpha value is -1.52. The molecule has 0 bridgehead atoms. The summed E-state index contributed by atoms with van der Waals surface area (Å²) in [6.07, 6.45) is 10.1. The third-order valence-electron chi connectivity index (χ3n) is 5.19. The molecule has 110 valence electrons. The molecule has 1 aromatic carbocycles. The summed E-state index contributed by atoms with van der Waals surface area (Å²) >= 11 is 0. The van der Waals surface area contributed by atoms with Crippen molar-refractivity contribution in [2.45, 2.75) is 51.6 Å². The van der Waals surface area contributed by atoms with E-state index in [4.69, 9.17) is 4.74 Å². The largest absolute Gasteiger partial charge is 0.381 e. The number of hydrogen-bond acceptors (Lipinski definition) is 1. The topological polar surface area (TPSA) is 9.23 Å². The van der Waals surface area contributed by atoms with Gasteiger partial charge in [0.15, 0.2) is 0 Å². The second-order valence-corrected chi connectivity index (χ2v) is 6.35. The summed E-state index contributed by atoms with van der Waals surface area (Å²) in [5.41, 5.74) is 3.93. The van der Waals surface area contributed by atoms with Crippen LogP contribution in [0.1, 0.15) is 49.7 Å². The van der Waals surface area contributed by atoms with E-state index in [1.807, 2.05) is 7.11 Å². The highest BCUT2D eigenvalue weighted by atomic mass is 16.5. The van der Waals surface area contributed by atoms with Gasteiger partial charge < -0.3 is 4.74 Å². The fourth-order valence-electron chi connectivity index (χ4n) is 3.98. The van der Waals surface area contributed by atoms with Gasteiger partial charge in [0.1, 0.15) is 0 Å². The van der Waals surface area contributed by atoms with Gasteiger partial charge in [-0.2, -0.15) is 0 Å². The molecule has 2 aliphatic carbocycles. The summed E-state index contributed by atoms with van der Waals surface area (Å²) in [6, 6.07) is 8.37. The van der Waals surface area contributed by atoms with E-state index in [0.29, 0.717) is 6.10 Å². The molecule has 1 spiro atoms. The molecule has 0 saturated heterocycles. The molecule has 2 atom stereocenters. The van der Waals surface area contributed by atoms with Crippen molar-refractivity contribution in [1.82, 2.24) is 0 Å². The molecule has 0 radical (unpaired) electrons. The second-order valence-electron chi connectivity index (χ2n) is 6.35. The Morgan fingerprint density at radius 2 is 2.00 bits per heavy atom. The Kier molecular flexibility index (Phi) is 4.17. The van der Waals surface area contributed by atoms with Gasteiger partial charge in [-0.25, -0.2) is 0 Å². The molecule has 2 aliphatic rings. The molecule has 0 heterocycles. The Morgan fingerprint density at radius 3 is 2.81 bits per heavy atom. The standard InChI is InChI=1S/C20H24O/c1-16-8-3-4-9-17(16)12-13-18-10-7-15-20(18)14-6-5-11-19(20)21-2/h3-4,8-10,19H,5-7,11,14-15H2,1-2H3/t19-,20-/m1/s1. The Balaban J connectivity index is 1.90. The number of allylic oxidation sites excluding steroid dienone is 1. The van der Waals surface area contributed by atoms with Crippen molar-refractivity contribution in [3.8, 4) is 11.8 Å². The van der Waals surface area contributed by atoms with Crippen LogP contribution in [0.25, 0.3) is 0 Å². The average Bonchev–Trinajstić information content (AvgIpc) is 2.90. The minimum Gasteiger partial charge on any atom is -0.381 e. The number of ether oxygens (including phenoxy) is 1. The lowest BCUT2D eigenvalue weighted by Crippen LogP contribution is -2.39. The van der Waals surface area contributed by atoms with Crippen LogP contribution in [0.2, 0.25) is 0 Å². The minimum absolute atomic E-state index is 0.197. The predicted octanol–water partition coefficient (Wildman–Crippen LogP) is 4.64. The van der Waals surface area contributed by atoms with E-state index in [2.05, 4.69) is 49.1 Å². The van der Waals surface area contributed by atoms with Crippen molar-refractivity contribution in [3.63, 3.8) is 0 Å². The highest BCUT2D eigenvalue weighted by molar-refractivity contribution is 5.48. The first-order valence-electron chi connectivity index (χ1n) is 8.07. The lowest BCUT2D eigenvalue weighted by atomic mass is 9.67. The summed E-state index contributed by atoms with van der Waals surface area (Å²) < 4.78 is 5.83. The van der Waals surface area contributed by atoms with Gasteiger partial charge in [-0.15, -0.1) is 0 Å². The van der Waals surface area contributed by atoms with Crippen LogP contribution in [0.3, 0.4) is 0 Å². The molecule has 0 unspecified atom stereocenters. The number of benzene rings is 1. The quantitative estimate of drug-likeness (QED) is 0.681.